The fraction of sp³-hybridized carbons (Fsp3) is 0.889. The number of hydrogen-bond acceptors (Lipinski definition) is 2. The van der Waals surface area contributed by atoms with Gasteiger partial charge in [0.2, 0.25) is 5.91 Å². The Morgan fingerprint density at radius 1 is 1.58 bits per heavy atom. The average Bonchev–Trinajstić information content (AvgIpc) is 2.80. The molecule has 0 saturated heterocycles. The van der Waals surface area contributed by atoms with Crippen molar-refractivity contribution in [3.63, 3.8) is 0 Å². The zero-order chi connectivity index (χ0) is 9.19. The van der Waals surface area contributed by atoms with E-state index in [0.29, 0.717) is 18.0 Å². The first-order valence-corrected chi connectivity index (χ1v) is 4.52. The standard InChI is InChI=1S/C9H18N2O/c1-7(9(2)4-5-9)11-6-8(12)10-3/h7,11H,4-6H2,1-3H3,(H,10,12). The number of likely N-dealkylation sites (N-methyl/N-ethyl adjacent to an activating group) is 1. The normalized spacial score (nSPS) is 21.6. The third kappa shape index (κ3) is 2.21. The Labute approximate surface area is 73.9 Å². The summed E-state index contributed by atoms with van der Waals surface area (Å²) < 4.78 is 0. The van der Waals surface area contributed by atoms with E-state index in [0.717, 1.165) is 0 Å². The molecule has 3 nitrogen and oxygen atoms in total. The van der Waals surface area contributed by atoms with Crippen LogP contribution in [0, 0.1) is 5.41 Å². The lowest BCUT2D eigenvalue weighted by Gasteiger charge is -2.19. The van der Waals surface area contributed by atoms with Crippen molar-refractivity contribution in [2.75, 3.05) is 13.6 Å². The molecule has 1 atom stereocenters. The van der Waals surface area contributed by atoms with Gasteiger partial charge in [-0.3, -0.25) is 4.79 Å². The molecule has 12 heavy (non-hydrogen) atoms. The van der Waals surface area contributed by atoms with E-state index in [2.05, 4.69) is 24.5 Å². The SMILES string of the molecule is CNC(=O)CNC(C)C1(C)CC1. The highest BCUT2D eigenvalue weighted by Crippen LogP contribution is 2.47. The summed E-state index contributed by atoms with van der Waals surface area (Å²) in [5, 5.41) is 5.81. The molecular formula is C9H18N2O. The molecule has 0 aromatic rings. The van der Waals surface area contributed by atoms with Gasteiger partial charge in [0.25, 0.3) is 0 Å². The van der Waals surface area contributed by atoms with Crippen LogP contribution in [0.5, 0.6) is 0 Å². The zero-order valence-electron chi connectivity index (χ0n) is 8.11. The number of nitrogens with one attached hydrogen (secondary N) is 2. The third-order valence-corrected chi connectivity index (χ3v) is 2.93. The van der Waals surface area contributed by atoms with Crippen molar-refractivity contribution in [2.45, 2.75) is 32.7 Å². The molecule has 0 bridgehead atoms. The predicted octanol–water partition coefficient (Wildman–Crippen LogP) is 0.511. The van der Waals surface area contributed by atoms with Crippen LogP contribution in [0.3, 0.4) is 0 Å². The molecule has 1 amide bonds. The van der Waals surface area contributed by atoms with Crippen LogP contribution in [0.1, 0.15) is 26.7 Å². The first-order valence-electron chi connectivity index (χ1n) is 4.52. The molecule has 0 heterocycles. The van der Waals surface area contributed by atoms with Gasteiger partial charge in [-0.05, 0) is 25.2 Å². The van der Waals surface area contributed by atoms with Gasteiger partial charge in [0.15, 0.2) is 0 Å². The van der Waals surface area contributed by atoms with Gasteiger partial charge in [-0.1, -0.05) is 6.92 Å². The van der Waals surface area contributed by atoms with Crippen molar-refractivity contribution in [3.05, 3.63) is 0 Å². The van der Waals surface area contributed by atoms with Crippen LogP contribution in [0.4, 0.5) is 0 Å². The first-order chi connectivity index (χ1) is 5.58. The van der Waals surface area contributed by atoms with E-state index in [1.54, 1.807) is 7.05 Å². The van der Waals surface area contributed by atoms with Gasteiger partial charge < -0.3 is 10.6 Å². The van der Waals surface area contributed by atoms with Crippen LogP contribution in [0.2, 0.25) is 0 Å². The van der Waals surface area contributed by atoms with E-state index < -0.39 is 0 Å². The second-order valence-corrected chi connectivity index (χ2v) is 3.93. The summed E-state index contributed by atoms with van der Waals surface area (Å²) in [6, 6.07) is 0.454. The van der Waals surface area contributed by atoms with Crippen LogP contribution in [0.25, 0.3) is 0 Å². The Bertz CT molecular complexity index is 175. The molecule has 1 rings (SSSR count). The highest BCUT2D eigenvalue weighted by molar-refractivity contribution is 5.77. The van der Waals surface area contributed by atoms with Crippen molar-refractivity contribution < 1.29 is 4.79 Å². The maximum atomic E-state index is 10.9. The minimum Gasteiger partial charge on any atom is -0.358 e. The van der Waals surface area contributed by atoms with Gasteiger partial charge in [0, 0.05) is 13.1 Å². The van der Waals surface area contributed by atoms with E-state index in [4.69, 9.17) is 0 Å². The molecule has 1 unspecified atom stereocenters. The Morgan fingerprint density at radius 2 is 2.17 bits per heavy atom. The van der Waals surface area contributed by atoms with Gasteiger partial charge in [-0.2, -0.15) is 0 Å². The molecule has 1 saturated carbocycles. The van der Waals surface area contributed by atoms with Crippen LogP contribution >= 0.6 is 0 Å². The minimum atomic E-state index is 0.0612. The number of carbonyl (C=O) groups excluding carboxylic acids is 1. The number of rotatable bonds is 4. The van der Waals surface area contributed by atoms with E-state index in [-0.39, 0.29) is 5.91 Å². The molecule has 1 fully saturated rings. The Balaban J connectivity index is 2.18. The summed E-state index contributed by atoms with van der Waals surface area (Å²) >= 11 is 0. The summed E-state index contributed by atoms with van der Waals surface area (Å²) in [7, 11) is 1.66. The van der Waals surface area contributed by atoms with Crippen LogP contribution in [0.15, 0.2) is 0 Å². The van der Waals surface area contributed by atoms with Gasteiger partial charge >= 0.3 is 0 Å². The minimum absolute atomic E-state index is 0.0612. The van der Waals surface area contributed by atoms with E-state index in [1.807, 2.05) is 0 Å². The molecule has 0 aromatic carbocycles. The second-order valence-electron chi connectivity index (χ2n) is 3.93. The molecule has 1 aliphatic rings. The topological polar surface area (TPSA) is 41.1 Å². The summed E-state index contributed by atoms with van der Waals surface area (Å²) in [6.45, 7) is 4.84. The summed E-state index contributed by atoms with van der Waals surface area (Å²) in [5.41, 5.74) is 0.452. The summed E-state index contributed by atoms with van der Waals surface area (Å²) in [5.74, 6) is 0.0612. The van der Waals surface area contributed by atoms with Crippen molar-refractivity contribution in [3.8, 4) is 0 Å². The van der Waals surface area contributed by atoms with Gasteiger partial charge in [-0.25, -0.2) is 0 Å². The van der Waals surface area contributed by atoms with Crippen molar-refractivity contribution in [2.24, 2.45) is 5.41 Å². The van der Waals surface area contributed by atoms with Gasteiger partial charge in [0.1, 0.15) is 0 Å². The van der Waals surface area contributed by atoms with E-state index >= 15 is 0 Å². The zero-order valence-corrected chi connectivity index (χ0v) is 8.11. The Kier molecular flexibility index (Phi) is 2.73. The summed E-state index contributed by atoms with van der Waals surface area (Å²) in [6.07, 6.45) is 2.57. The predicted molar refractivity (Wildman–Crippen MR) is 48.9 cm³/mol. The Hall–Kier alpha value is -0.570. The number of hydrogen-bond donors (Lipinski definition) is 2. The monoisotopic (exact) mass is 170 g/mol. The molecule has 0 spiro atoms. The molecule has 70 valence electrons. The molecule has 2 N–H and O–H groups in total. The van der Waals surface area contributed by atoms with Crippen molar-refractivity contribution in [1.82, 2.24) is 10.6 Å². The summed E-state index contributed by atoms with van der Waals surface area (Å²) in [4.78, 5) is 10.9. The van der Waals surface area contributed by atoms with Crippen LogP contribution < -0.4 is 10.6 Å². The molecule has 0 radical (unpaired) electrons. The maximum absolute atomic E-state index is 10.9. The lowest BCUT2D eigenvalue weighted by Crippen LogP contribution is -2.40. The largest absolute Gasteiger partial charge is 0.358 e. The quantitative estimate of drug-likeness (QED) is 0.645. The van der Waals surface area contributed by atoms with Crippen LogP contribution in [-0.4, -0.2) is 25.5 Å². The third-order valence-electron chi connectivity index (χ3n) is 2.93. The fourth-order valence-electron chi connectivity index (χ4n) is 1.21. The van der Waals surface area contributed by atoms with Gasteiger partial charge in [-0.15, -0.1) is 0 Å². The molecule has 3 heteroatoms. The van der Waals surface area contributed by atoms with E-state index in [1.165, 1.54) is 12.8 Å². The lowest BCUT2D eigenvalue weighted by atomic mass is 10.0. The molecular weight excluding hydrogens is 152 g/mol. The first kappa shape index (κ1) is 9.52. The highest BCUT2D eigenvalue weighted by Gasteiger charge is 2.42. The molecule has 1 aliphatic carbocycles. The van der Waals surface area contributed by atoms with E-state index in [9.17, 15) is 4.79 Å². The average molecular weight is 170 g/mol. The molecule has 0 aromatic heterocycles. The van der Waals surface area contributed by atoms with Crippen LogP contribution in [-0.2, 0) is 4.79 Å². The number of amides is 1. The molecule has 0 aliphatic heterocycles. The lowest BCUT2D eigenvalue weighted by molar-refractivity contribution is -0.119. The van der Waals surface area contributed by atoms with Crippen molar-refractivity contribution in [1.29, 1.82) is 0 Å². The van der Waals surface area contributed by atoms with Crippen molar-refractivity contribution >= 4 is 5.91 Å². The highest BCUT2D eigenvalue weighted by atomic mass is 16.1. The second kappa shape index (κ2) is 3.44. The van der Waals surface area contributed by atoms with Gasteiger partial charge in [0.05, 0.1) is 6.54 Å². The maximum Gasteiger partial charge on any atom is 0.233 e. The number of carbonyl (C=O) groups is 1. The fourth-order valence-corrected chi connectivity index (χ4v) is 1.21. The smallest absolute Gasteiger partial charge is 0.233 e. The Morgan fingerprint density at radius 3 is 2.58 bits per heavy atom.